The number of nitrogens with zero attached hydrogens (tertiary/aromatic N) is 1. The van der Waals surface area contributed by atoms with Crippen LogP contribution < -0.4 is 5.32 Å². The van der Waals surface area contributed by atoms with Crippen molar-refractivity contribution in [1.82, 2.24) is 10.3 Å². The lowest BCUT2D eigenvalue weighted by molar-refractivity contribution is 0.520. The summed E-state index contributed by atoms with van der Waals surface area (Å²) >= 11 is 1.70. The molecule has 2 heterocycles. The van der Waals surface area contributed by atoms with E-state index in [0.717, 1.165) is 11.6 Å². The Morgan fingerprint density at radius 3 is 3.31 bits per heavy atom. The maximum Gasteiger partial charge on any atom is 0.116 e. The monoisotopic (exact) mass is 194 g/mol. The van der Waals surface area contributed by atoms with Crippen molar-refractivity contribution in [3.8, 4) is 0 Å². The summed E-state index contributed by atoms with van der Waals surface area (Å²) in [4.78, 5) is 4.26. The van der Waals surface area contributed by atoms with E-state index in [2.05, 4.69) is 23.3 Å². The molecule has 2 nitrogen and oxygen atoms in total. The molecule has 1 aliphatic heterocycles. The smallest absolute Gasteiger partial charge is 0.116 e. The molecule has 3 heteroatoms. The van der Waals surface area contributed by atoms with Gasteiger partial charge in [0, 0.05) is 17.6 Å². The first-order valence-corrected chi connectivity index (χ1v) is 5.57. The third kappa shape index (κ3) is 2.17. The number of hydrogen-bond donors (Lipinski definition) is 1. The van der Waals surface area contributed by atoms with Gasteiger partial charge < -0.3 is 5.32 Å². The highest BCUT2D eigenvalue weighted by Gasteiger charge is 2.13. The summed E-state index contributed by atoms with van der Waals surface area (Å²) in [7, 11) is 0. The van der Waals surface area contributed by atoms with Crippen LogP contribution in [0.4, 0.5) is 0 Å². The van der Waals surface area contributed by atoms with Crippen molar-refractivity contribution in [2.75, 3.05) is 6.54 Å². The van der Waals surface area contributed by atoms with Crippen LogP contribution in [-0.2, 0) is 0 Å². The zero-order valence-electron chi connectivity index (χ0n) is 7.79. The van der Waals surface area contributed by atoms with E-state index in [-0.39, 0.29) is 0 Å². The van der Waals surface area contributed by atoms with Crippen LogP contribution >= 0.6 is 11.3 Å². The zero-order valence-corrected chi connectivity index (χ0v) is 8.60. The molecule has 1 aromatic rings. The number of rotatable bonds is 1. The van der Waals surface area contributed by atoms with Crippen LogP contribution in [-0.4, -0.2) is 17.6 Å². The van der Waals surface area contributed by atoms with Crippen molar-refractivity contribution in [3.05, 3.63) is 22.2 Å². The molecule has 1 saturated heterocycles. The summed E-state index contributed by atoms with van der Waals surface area (Å²) in [6.45, 7) is 3.37. The van der Waals surface area contributed by atoms with E-state index in [1.807, 2.05) is 11.6 Å². The van der Waals surface area contributed by atoms with Gasteiger partial charge in [-0.3, -0.25) is 0 Å². The molecule has 0 amide bonds. The molecule has 2 rings (SSSR count). The molecule has 0 radical (unpaired) electrons. The standard InChI is InChI=1S/C10H14N2S/c1-8-9(3-2-4-11-8)7-10-12-5-6-13-10/h5-8,11H,2-4H2,1H3/b9-7+. The van der Waals surface area contributed by atoms with Gasteiger partial charge in [0.1, 0.15) is 5.01 Å². The molecular formula is C10H14N2S. The number of aromatic nitrogens is 1. The molecular weight excluding hydrogens is 180 g/mol. The Morgan fingerprint density at radius 1 is 1.69 bits per heavy atom. The molecule has 1 N–H and O–H groups in total. The van der Waals surface area contributed by atoms with Crippen molar-refractivity contribution < 1.29 is 0 Å². The molecule has 0 spiro atoms. The lowest BCUT2D eigenvalue weighted by Crippen LogP contribution is -2.33. The van der Waals surface area contributed by atoms with Crippen LogP contribution in [0.5, 0.6) is 0 Å². The van der Waals surface area contributed by atoms with Crippen LogP contribution in [0.2, 0.25) is 0 Å². The fourth-order valence-electron chi connectivity index (χ4n) is 1.62. The lowest BCUT2D eigenvalue weighted by atomic mass is 9.99. The van der Waals surface area contributed by atoms with Crippen LogP contribution in [0.25, 0.3) is 6.08 Å². The fraction of sp³-hybridized carbons (Fsp3) is 0.500. The Balaban J connectivity index is 2.14. The second-order valence-electron chi connectivity index (χ2n) is 3.37. The average molecular weight is 194 g/mol. The van der Waals surface area contributed by atoms with Gasteiger partial charge in [0.2, 0.25) is 0 Å². The normalized spacial score (nSPS) is 26.5. The van der Waals surface area contributed by atoms with E-state index >= 15 is 0 Å². The Morgan fingerprint density at radius 2 is 2.62 bits per heavy atom. The highest BCUT2D eigenvalue weighted by Crippen LogP contribution is 2.19. The maximum absolute atomic E-state index is 4.26. The summed E-state index contributed by atoms with van der Waals surface area (Å²) in [5.41, 5.74) is 1.49. The van der Waals surface area contributed by atoms with Gasteiger partial charge in [0.15, 0.2) is 0 Å². The Kier molecular flexibility index (Phi) is 2.76. The maximum atomic E-state index is 4.26. The van der Waals surface area contributed by atoms with Gasteiger partial charge in [-0.05, 0) is 32.4 Å². The average Bonchev–Trinajstić information content (AvgIpc) is 2.61. The first-order valence-electron chi connectivity index (χ1n) is 4.69. The molecule has 1 unspecified atom stereocenters. The molecule has 70 valence electrons. The highest BCUT2D eigenvalue weighted by molar-refractivity contribution is 7.10. The van der Waals surface area contributed by atoms with Gasteiger partial charge in [-0.1, -0.05) is 5.57 Å². The van der Waals surface area contributed by atoms with E-state index in [1.54, 1.807) is 11.3 Å². The predicted octanol–water partition coefficient (Wildman–Crippen LogP) is 2.30. The van der Waals surface area contributed by atoms with Crippen molar-refractivity contribution in [3.63, 3.8) is 0 Å². The molecule has 1 fully saturated rings. The Hall–Kier alpha value is -0.670. The van der Waals surface area contributed by atoms with Crippen molar-refractivity contribution in [2.24, 2.45) is 0 Å². The lowest BCUT2D eigenvalue weighted by Gasteiger charge is -2.23. The summed E-state index contributed by atoms with van der Waals surface area (Å²) in [6, 6.07) is 0.526. The zero-order chi connectivity index (χ0) is 9.10. The SMILES string of the molecule is CC1NCCC/C1=C\c1nccs1. The number of thiazole rings is 1. The number of hydrogen-bond acceptors (Lipinski definition) is 3. The quantitative estimate of drug-likeness (QED) is 0.742. The minimum Gasteiger partial charge on any atom is -0.311 e. The van der Waals surface area contributed by atoms with Gasteiger partial charge in [0.05, 0.1) is 0 Å². The summed E-state index contributed by atoms with van der Waals surface area (Å²) in [6.07, 6.45) is 6.55. The molecule has 1 aliphatic rings. The second kappa shape index (κ2) is 4.03. The molecule has 0 aliphatic carbocycles. The Labute approximate surface area is 82.7 Å². The Bertz CT molecular complexity index is 290. The summed E-state index contributed by atoms with van der Waals surface area (Å²) in [5.74, 6) is 0. The van der Waals surface area contributed by atoms with Crippen LogP contribution in [0.3, 0.4) is 0 Å². The molecule has 13 heavy (non-hydrogen) atoms. The van der Waals surface area contributed by atoms with Gasteiger partial charge >= 0.3 is 0 Å². The molecule has 1 aromatic heterocycles. The minimum atomic E-state index is 0.526. The first kappa shape index (κ1) is 8.91. The predicted molar refractivity (Wildman–Crippen MR) is 56.8 cm³/mol. The van der Waals surface area contributed by atoms with E-state index in [0.29, 0.717) is 6.04 Å². The van der Waals surface area contributed by atoms with Gasteiger partial charge in [0.25, 0.3) is 0 Å². The van der Waals surface area contributed by atoms with Crippen molar-refractivity contribution in [2.45, 2.75) is 25.8 Å². The highest BCUT2D eigenvalue weighted by atomic mass is 32.1. The molecule has 1 atom stereocenters. The third-order valence-corrected chi connectivity index (χ3v) is 3.13. The van der Waals surface area contributed by atoms with Crippen LogP contribution in [0.15, 0.2) is 17.2 Å². The fourth-order valence-corrected chi connectivity index (χ4v) is 2.22. The van der Waals surface area contributed by atoms with E-state index in [1.165, 1.54) is 18.4 Å². The van der Waals surface area contributed by atoms with Gasteiger partial charge in [-0.15, -0.1) is 11.3 Å². The third-order valence-electron chi connectivity index (χ3n) is 2.41. The van der Waals surface area contributed by atoms with Crippen molar-refractivity contribution >= 4 is 17.4 Å². The van der Waals surface area contributed by atoms with Crippen LogP contribution in [0.1, 0.15) is 24.8 Å². The first-order chi connectivity index (χ1) is 6.36. The summed E-state index contributed by atoms with van der Waals surface area (Å²) < 4.78 is 0. The van der Waals surface area contributed by atoms with Crippen molar-refractivity contribution in [1.29, 1.82) is 0 Å². The second-order valence-corrected chi connectivity index (χ2v) is 4.30. The minimum absolute atomic E-state index is 0.526. The van der Waals surface area contributed by atoms with Gasteiger partial charge in [-0.2, -0.15) is 0 Å². The number of nitrogens with one attached hydrogen (secondary N) is 1. The summed E-state index contributed by atoms with van der Waals surface area (Å²) in [5, 5.41) is 6.60. The van der Waals surface area contributed by atoms with E-state index in [9.17, 15) is 0 Å². The largest absolute Gasteiger partial charge is 0.311 e. The number of piperidine rings is 1. The molecule has 0 bridgehead atoms. The topological polar surface area (TPSA) is 24.9 Å². The van der Waals surface area contributed by atoms with Crippen LogP contribution in [0, 0.1) is 0 Å². The van der Waals surface area contributed by atoms with E-state index in [4.69, 9.17) is 0 Å². The molecule has 0 aromatic carbocycles. The van der Waals surface area contributed by atoms with E-state index < -0.39 is 0 Å². The molecule has 0 saturated carbocycles. The van der Waals surface area contributed by atoms with Gasteiger partial charge in [-0.25, -0.2) is 4.98 Å².